The van der Waals surface area contributed by atoms with E-state index in [1.165, 1.54) is 6.07 Å². The Labute approximate surface area is 292 Å². The van der Waals surface area contributed by atoms with E-state index in [-0.39, 0.29) is 54.2 Å². The number of fused-ring (bicyclic) bond motifs is 1. The number of amides is 2. The van der Waals surface area contributed by atoms with Crippen LogP contribution in [0.4, 0.5) is 15.9 Å². The number of nitrogens with one attached hydrogen (secondary N) is 2. The number of hydrogen-bond donors (Lipinski definition) is 4. The zero-order chi connectivity index (χ0) is 35.8. The van der Waals surface area contributed by atoms with Gasteiger partial charge in [-0.1, -0.05) is 11.6 Å². The maximum Gasteiger partial charge on any atom is 0.290 e. The second-order valence-corrected chi connectivity index (χ2v) is 12.1. The first kappa shape index (κ1) is 36.0. The number of ether oxygens (including phenoxy) is 1. The molecule has 0 radical (unpaired) electrons. The van der Waals surface area contributed by atoms with Crippen molar-refractivity contribution >= 4 is 47.0 Å². The number of carbonyl (C=O) groups excluding carboxylic acids is 2. The van der Waals surface area contributed by atoms with Gasteiger partial charge < -0.3 is 35.4 Å². The Morgan fingerprint density at radius 1 is 1.22 bits per heavy atom. The number of carboxylic acid groups (broad SMARTS) is 1. The molecule has 2 fully saturated rings. The second kappa shape index (κ2) is 16.4. The SMILES string of the molecule is Cc1cc(Nc2nccn3c(-c4ccc(OCC#N)c(F)c4Cl)cnc23)ccc1C(=O)N1CCC(C(=O)N2CCNC[C@H]2CO)CC1.O=CO. The number of rotatable bonds is 8. The lowest BCUT2D eigenvalue weighted by molar-refractivity contribution is -0.141. The van der Waals surface area contributed by atoms with Gasteiger partial charge in [0.25, 0.3) is 12.4 Å². The molecule has 2 aromatic heterocycles. The number of nitrogens with zero attached hydrogens (tertiary/aromatic N) is 6. The van der Waals surface area contributed by atoms with Crippen LogP contribution < -0.4 is 15.4 Å². The number of nitriles is 1. The number of piperazine rings is 1. The van der Waals surface area contributed by atoms with Gasteiger partial charge in [0.05, 0.1) is 29.6 Å². The van der Waals surface area contributed by atoms with E-state index in [2.05, 4.69) is 20.6 Å². The topological polar surface area (TPSA) is 185 Å². The zero-order valence-corrected chi connectivity index (χ0v) is 27.9. The molecule has 4 N–H and O–H groups in total. The molecule has 14 nitrogen and oxygen atoms in total. The minimum absolute atomic E-state index is 0.0623. The summed E-state index contributed by atoms with van der Waals surface area (Å²) in [6.45, 7) is 4.11. The molecule has 16 heteroatoms. The van der Waals surface area contributed by atoms with Crippen molar-refractivity contribution in [3.05, 3.63) is 70.9 Å². The fourth-order valence-electron chi connectivity index (χ4n) is 6.22. The van der Waals surface area contributed by atoms with Crippen LogP contribution in [0.5, 0.6) is 5.75 Å². The third-order valence-corrected chi connectivity index (χ3v) is 9.11. The summed E-state index contributed by atoms with van der Waals surface area (Å²) in [5.74, 6) is -0.611. The molecule has 2 amide bonds. The lowest BCUT2D eigenvalue weighted by Crippen LogP contribution is -2.57. The van der Waals surface area contributed by atoms with Crippen LogP contribution in [0.2, 0.25) is 5.02 Å². The molecule has 0 aliphatic carbocycles. The van der Waals surface area contributed by atoms with Crippen molar-refractivity contribution < 1.29 is 33.7 Å². The third-order valence-electron chi connectivity index (χ3n) is 8.74. The molecule has 2 aliphatic rings. The number of likely N-dealkylation sites (tertiary alicyclic amines) is 1. The standard InChI is InChI=1S/C33H34ClFN8O4.CH2O2/c1-20-16-22(2-3-24(20)33(46)41-11-6-21(7-12-41)32(45)42-13-9-37-17-23(42)19-44)40-30-31-39-18-26(43(31)14-10-38-30)25-4-5-27(47-15-8-36)29(35)28(25)34;2-1-3/h2-5,10,14,16,18,21,23,37,44H,6-7,9,11-13,15,17,19H2,1H3,(H,38,40);1H,(H,2,3)/t23-;/m0./s1. The average molecular weight is 707 g/mol. The van der Waals surface area contributed by atoms with E-state index in [9.17, 15) is 19.1 Å². The van der Waals surface area contributed by atoms with Gasteiger partial charge in [0.1, 0.15) is 6.07 Å². The van der Waals surface area contributed by atoms with Crippen LogP contribution in [0, 0.1) is 30.0 Å². The molecule has 2 saturated heterocycles. The molecule has 0 saturated carbocycles. The van der Waals surface area contributed by atoms with Crippen LogP contribution >= 0.6 is 11.6 Å². The third kappa shape index (κ3) is 7.62. The van der Waals surface area contributed by atoms with E-state index in [1.54, 1.807) is 57.1 Å². The molecule has 2 aliphatic heterocycles. The summed E-state index contributed by atoms with van der Waals surface area (Å²) in [4.78, 5) is 47.5. The molecule has 50 heavy (non-hydrogen) atoms. The van der Waals surface area contributed by atoms with Crippen LogP contribution in [0.1, 0.15) is 28.8 Å². The van der Waals surface area contributed by atoms with Crippen molar-refractivity contribution in [2.45, 2.75) is 25.8 Å². The van der Waals surface area contributed by atoms with Gasteiger partial charge in [-0.3, -0.25) is 18.8 Å². The predicted octanol–water partition coefficient (Wildman–Crippen LogP) is 3.49. The number of imidazole rings is 1. The van der Waals surface area contributed by atoms with Gasteiger partial charge in [-0.15, -0.1) is 0 Å². The summed E-state index contributed by atoms with van der Waals surface area (Å²) >= 11 is 6.35. The summed E-state index contributed by atoms with van der Waals surface area (Å²) in [6, 6.07) is 10.1. The summed E-state index contributed by atoms with van der Waals surface area (Å²) in [5.41, 5.74) is 3.46. The summed E-state index contributed by atoms with van der Waals surface area (Å²) in [5, 5.41) is 31.6. The molecule has 4 heterocycles. The Balaban J connectivity index is 0.00000156. The van der Waals surface area contributed by atoms with E-state index >= 15 is 0 Å². The number of carbonyl (C=O) groups is 3. The summed E-state index contributed by atoms with van der Waals surface area (Å²) in [7, 11) is 0. The van der Waals surface area contributed by atoms with Gasteiger partial charge in [0, 0.05) is 67.8 Å². The molecule has 262 valence electrons. The van der Waals surface area contributed by atoms with Crippen molar-refractivity contribution in [3.63, 3.8) is 0 Å². The number of aromatic nitrogens is 3. The summed E-state index contributed by atoms with van der Waals surface area (Å²) in [6.07, 6.45) is 6.02. The van der Waals surface area contributed by atoms with Crippen LogP contribution in [-0.2, 0) is 9.59 Å². The van der Waals surface area contributed by atoms with Crippen molar-refractivity contribution in [3.8, 4) is 23.1 Å². The highest BCUT2D eigenvalue weighted by Crippen LogP contribution is 2.36. The maximum atomic E-state index is 14.9. The van der Waals surface area contributed by atoms with Crippen LogP contribution in [0.25, 0.3) is 16.9 Å². The van der Waals surface area contributed by atoms with E-state index in [0.29, 0.717) is 79.5 Å². The lowest BCUT2D eigenvalue weighted by Gasteiger charge is -2.39. The van der Waals surface area contributed by atoms with Crippen molar-refractivity contribution in [1.82, 2.24) is 29.5 Å². The second-order valence-electron chi connectivity index (χ2n) is 11.7. The minimum atomic E-state index is -0.767. The molecule has 0 unspecified atom stereocenters. The Morgan fingerprint density at radius 3 is 2.68 bits per heavy atom. The highest BCUT2D eigenvalue weighted by Gasteiger charge is 2.34. The van der Waals surface area contributed by atoms with E-state index in [4.69, 9.17) is 31.5 Å². The Kier molecular flexibility index (Phi) is 11.8. The number of benzene rings is 2. The molecule has 2 aromatic carbocycles. The number of aliphatic hydroxyl groups is 1. The van der Waals surface area contributed by atoms with E-state index < -0.39 is 5.82 Å². The van der Waals surface area contributed by atoms with E-state index in [1.807, 2.05) is 13.0 Å². The Morgan fingerprint density at radius 2 is 1.98 bits per heavy atom. The normalized spacial score (nSPS) is 16.3. The van der Waals surface area contributed by atoms with Gasteiger partial charge in [0.2, 0.25) is 5.91 Å². The number of aryl methyl sites for hydroxylation is 1. The van der Waals surface area contributed by atoms with Gasteiger partial charge in [-0.2, -0.15) is 5.26 Å². The first-order chi connectivity index (χ1) is 24.2. The average Bonchev–Trinajstić information content (AvgIpc) is 3.57. The summed E-state index contributed by atoms with van der Waals surface area (Å²) < 4.78 is 21.7. The number of aliphatic hydroxyl groups excluding tert-OH is 1. The molecular formula is C34H36ClFN8O6. The molecular weight excluding hydrogens is 671 g/mol. The largest absolute Gasteiger partial charge is 0.483 e. The van der Waals surface area contributed by atoms with Crippen molar-refractivity contribution in [1.29, 1.82) is 5.26 Å². The number of hydrogen-bond acceptors (Lipinski definition) is 10. The quantitative estimate of drug-likeness (QED) is 0.197. The minimum Gasteiger partial charge on any atom is -0.483 e. The number of anilines is 2. The lowest BCUT2D eigenvalue weighted by atomic mass is 9.93. The van der Waals surface area contributed by atoms with Crippen LogP contribution in [0.3, 0.4) is 0 Å². The molecule has 0 bridgehead atoms. The fourth-order valence-corrected chi connectivity index (χ4v) is 6.48. The smallest absolute Gasteiger partial charge is 0.290 e. The van der Waals surface area contributed by atoms with Crippen LogP contribution in [0.15, 0.2) is 48.9 Å². The van der Waals surface area contributed by atoms with Crippen molar-refractivity contribution in [2.75, 3.05) is 51.3 Å². The Bertz CT molecular complexity index is 1910. The monoisotopic (exact) mass is 706 g/mol. The molecule has 0 spiro atoms. The fraction of sp³-hybridized carbons (Fsp3) is 0.353. The van der Waals surface area contributed by atoms with E-state index in [0.717, 1.165) is 5.56 Å². The number of piperidine rings is 1. The predicted molar refractivity (Wildman–Crippen MR) is 182 cm³/mol. The molecule has 1 atom stereocenters. The first-order valence-electron chi connectivity index (χ1n) is 15.9. The number of halogens is 2. The maximum absolute atomic E-state index is 14.9. The zero-order valence-electron chi connectivity index (χ0n) is 27.2. The van der Waals surface area contributed by atoms with Gasteiger partial charge in [-0.05, 0) is 55.7 Å². The Hall–Kier alpha value is -5.30. The van der Waals surface area contributed by atoms with Gasteiger partial charge >= 0.3 is 0 Å². The highest BCUT2D eigenvalue weighted by molar-refractivity contribution is 6.33. The first-order valence-corrected chi connectivity index (χ1v) is 16.3. The van der Waals surface area contributed by atoms with Crippen molar-refractivity contribution in [2.24, 2.45) is 5.92 Å². The van der Waals surface area contributed by atoms with Gasteiger partial charge in [-0.25, -0.2) is 14.4 Å². The highest BCUT2D eigenvalue weighted by atomic mass is 35.5. The molecule has 6 rings (SSSR count). The molecule has 4 aromatic rings. The van der Waals surface area contributed by atoms with Crippen LogP contribution in [-0.4, -0.2) is 105 Å². The van der Waals surface area contributed by atoms with Gasteiger partial charge in [0.15, 0.2) is 29.6 Å².